The Morgan fingerprint density at radius 1 is 1.10 bits per heavy atom. The van der Waals surface area contributed by atoms with Crippen molar-refractivity contribution in [2.45, 2.75) is 6.92 Å². The summed E-state index contributed by atoms with van der Waals surface area (Å²) in [6.07, 6.45) is 0. The van der Waals surface area contributed by atoms with Crippen LogP contribution < -0.4 is 4.90 Å². The lowest BCUT2D eigenvalue weighted by Crippen LogP contribution is -2.46. The number of aromatic amines is 1. The zero-order chi connectivity index (χ0) is 20.0. The summed E-state index contributed by atoms with van der Waals surface area (Å²) in [6.45, 7) is 7.65. The lowest BCUT2D eigenvalue weighted by molar-refractivity contribution is 0.271. The van der Waals surface area contributed by atoms with Crippen molar-refractivity contribution in [3.63, 3.8) is 0 Å². The molecular formula is C22H23N7. The van der Waals surface area contributed by atoms with Gasteiger partial charge in [-0.2, -0.15) is 10.4 Å². The van der Waals surface area contributed by atoms with Gasteiger partial charge in [0.15, 0.2) is 5.82 Å². The number of fused-ring (bicyclic) bond motifs is 2. The highest BCUT2D eigenvalue weighted by atomic mass is 15.3. The van der Waals surface area contributed by atoms with Gasteiger partial charge in [0.1, 0.15) is 5.69 Å². The fraction of sp³-hybridized carbons (Fsp3) is 0.318. The Balaban J connectivity index is 1.54. The molecule has 1 aliphatic heterocycles. The zero-order valence-corrected chi connectivity index (χ0v) is 16.7. The van der Waals surface area contributed by atoms with Crippen molar-refractivity contribution < 1.29 is 0 Å². The maximum absolute atomic E-state index is 9.11. The normalized spacial score (nSPS) is 15.3. The largest absolute Gasteiger partial charge is 0.369 e. The van der Waals surface area contributed by atoms with Crippen molar-refractivity contribution in [3.05, 3.63) is 42.0 Å². The Labute approximate surface area is 169 Å². The van der Waals surface area contributed by atoms with Crippen LogP contribution in [0.3, 0.4) is 0 Å². The van der Waals surface area contributed by atoms with Gasteiger partial charge in [0.2, 0.25) is 0 Å². The minimum Gasteiger partial charge on any atom is -0.369 e. The van der Waals surface area contributed by atoms with Crippen molar-refractivity contribution in [2.24, 2.45) is 7.05 Å². The third kappa shape index (κ3) is 2.93. The van der Waals surface area contributed by atoms with Gasteiger partial charge >= 0.3 is 0 Å². The summed E-state index contributed by atoms with van der Waals surface area (Å²) in [6, 6.07) is 14.2. The third-order valence-electron chi connectivity index (χ3n) is 5.95. The lowest BCUT2D eigenvalue weighted by atomic mass is 10.1. The third-order valence-corrected chi connectivity index (χ3v) is 5.95. The number of nitriles is 1. The predicted molar refractivity (Wildman–Crippen MR) is 115 cm³/mol. The van der Waals surface area contributed by atoms with Gasteiger partial charge in [-0.15, -0.1) is 0 Å². The smallest absolute Gasteiger partial charge is 0.162 e. The maximum atomic E-state index is 9.11. The average molecular weight is 385 g/mol. The summed E-state index contributed by atoms with van der Waals surface area (Å²) < 4.78 is 2.11. The summed E-state index contributed by atoms with van der Waals surface area (Å²) in [5.41, 5.74) is 5.57. The molecule has 7 heteroatoms. The van der Waals surface area contributed by atoms with E-state index < -0.39 is 0 Å². The van der Waals surface area contributed by atoms with E-state index in [9.17, 15) is 0 Å². The number of anilines is 1. The molecule has 1 fully saturated rings. The first-order chi connectivity index (χ1) is 14.2. The van der Waals surface area contributed by atoms with Gasteiger partial charge in [-0.05, 0) is 42.9 Å². The minimum absolute atomic E-state index is 0.616. The number of nitrogens with one attached hydrogen (secondary N) is 1. The van der Waals surface area contributed by atoms with Gasteiger partial charge in [0.05, 0.1) is 28.2 Å². The standard InChI is InChI=1S/C22H23N7/c1-3-28-8-10-29(11-9-28)16-5-7-18-20(13-16)27(2)22(24-18)21-17-6-4-15(14-23)12-19(17)25-26-21/h4-7,12-13H,3,8-11H2,1-2H3,(H,25,26). The molecule has 1 aliphatic rings. The van der Waals surface area contributed by atoms with E-state index in [1.165, 1.54) is 5.69 Å². The Morgan fingerprint density at radius 2 is 1.93 bits per heavy atom. The molecule has 0 amide bonds. The summed E-state index contributed by atoms with van der Waals surface area (Å²) in [5.74, 6) is 0.823. The Morgan fingerprint density at radius 3 is 2.69 bits per heavy atom. The fourth-order valence-corrected chi connectivity index (χ4v) is 4.17. The van der Waals surface area contributed by atoms with Crippen molar-refractivity contribution in [1.82, 2.24) is 24.6 Å². The summed E-state index contributed by atoms with van der Waals surface area (Å²) in [4.78, 5) is 9.78. The van der Waals surface area contributed by atoms with Crippen LogP contribution in [0.2, 0.25) is 0 Å². The van der Waals surface area contributed by atoms with Crippen LogP contribution in [0.25, 0.3) is 33.5 Å². The first-order valence-electron chi connectivity index (χ1n) is 10.0. The number of hydrogen-bond donors (Lipinski definition) is 1. The molecule has 5 rings (SSSR count). The average Bonchev–Trinajstić information content (AvgIpc) is 3.33. The molecule has 2 aromatic carbocycles. The first kappa shape index (κ1) is 17.7. The van der Waals surface area contributed by atoms with Gasteiger partial charge in [-0.25, -0.2) is 4.98 Å². The zero-order valence-electron chi connectivity index (χ0n) is 16.7. The SMILES string of the molecule is CCN1CCN(c2ccc3nc(-c4n[nH]c5cc(C#N)ccc45)n(C)c3c2)CC1. The monoisotopic (exact) mass is 385 g/mol. The molecule has 7 nitrogen and oxygen atoms in total. The van der Waals surface area contributed by atoms with E-state index in [-0.39, 0.29) is 0 Å². The number of nitrogens with zero attached hydrogens (tertiary/aromatic N) is 6. The number of piperazine rings is 1. The number of likely N-dealkylation sites (N-methyl/N-ethyl adjacent to an activating group) is 1. The first-order valence-corrected chi connectivity index (χ1v) is 10.0. The molecule has 0 spiro atoms. The van der Waals surface area contributed by atoms with Gasteiger partial charge in [-0.3, -0.25) is 5.10 Å². The number of H-pyrrole nitrogens is 1. The van der Waals surface area contributed by atoms with Crippen LogP contribution >= 0.6 is 0 Å². The lowest BCUT2D eigenvalue weighted by Gasteiger charge is -2.35. The predicted octanol–water partition coefficient (Wildman–Crippen LogP) is 3.13. The maximum Gasteiger partial charge on any atom is 0.162 e. The second-order valence-corrected chi connectivity index (χ2v) is 7.53. The van der Waals surface area contributed by atoms with Crippen molar-refractivity contribution >= 4 is 27.6 Å². The Hall–Kier alpha value is -3.37. The second-order valence-electron chi connectivity index (χ2n) is 7.53. The quantitative estimate of drug-likeness (QED) is 0.586. The van der Waals surface area contributed by atoms with Gasteiger partial charge in [0.25, 0.3) is 0 Å². The molecule has 2 aromatic heterocycles. The summed E-state index contributed by atoms with van der Waals surface area (Å²) >= 11 is 0. The topological polar surface area (TPSA) is 76.8 Å². The van der Waals surface area contributed by atoms with E-state index in [4.69, 9.17) is 10.2 Å². The highest BCUT2D eigenvalue weighted by molar-refractivity contribution is 5.94. The molecule has 0 unspecified atom stereocenters. The second kappa shape index (κ2) is 6.90. The van der Waals surface area contributed by atoms with Crippen LogP contribution in [0.1, 0.15) is 12.5 Å². The molecule has 0 saturated carbocycles. The van der Waals surface area contributed by atoms with Crippen LogP contribution in [0, 0.1) is 11.3 Å². The molecule has 0 atom stereocenters. The number of aromatic nitrogens is 4. The fourth-order valence-electron chi connectivity index (χ4n) is 4.17. The van der Waals surface area contributed by atoms with Crippen LogP contribution in [-0.2, 0) is 7.05 Å². The minimum atomic E-state index is 0.616. The number of hydrogen-bond acceptors (Lipinski definition) is 5. The van der Waals surface area contributed by atoms with E-state index in [1.54, 1.807) is 0 Å². The van der Waals surface area contributed by atoms with Gasteiger partial charge in [-0.1, -0.05) is 6.92 Å². The summed E-state index contributed by atoms with van der Waals surface area (Å²) in [7, 11) is 2.04. The molecular weight excluding hydrogens is 362 g/mol. The number of rotatable bonds is 3. The molecule has 0 bridgehead atoms. The van der Waals surface area contributed by atoms with Crippen LogP contribution in [0.5, 0.6) is 0 Å². The molecule has 3 heterocycles. The molecule has 4 aromatic rings. The molecule has 146 valence electrons. The molecule has 1 N–H and O–H groups in total. The van der Waals surface area contributed by atoms with Crippen molar-refractivity contribution in [2.75, 3.05) is 37.6 Å². The molecule has 0 radical (unpaired) electrons. The highest BCUT2D eigenvalue weighted by Crippen LogP contribution is 2.30. The van der Waals surface area contributed by atoms with Gasteiger partial charge < -0.3 is 14.4 Å². The van der Waals surface area contributed by atoms with Crippen molar-refractivity contribution in [1.29, 1.82) is 5.26 Å². The Bertz CT molecular complexity index is 1240. The van der Waals surface area contributed by atoms with E-state index in [0.717, 1.165) is 66.2 Å². The van der Waals surface area contributed by atoms with E-state index in [0.29, 0.717) is 5.56 Å². The molecule has 1 saturated heterocycles. The van der Waals surface area contributed by atoms with E-state index >= 15 is 0 Å². The number of aryl methyl sites for hydroxylation is 1. The van der Waals surface area contributed by atoms with Crippen LogP contribution in [0.4, 0.5) is 5.69 Å². The molecule has 29 heavy (non-hydrogen) atoms. The number of imidazole rings is 1. The summed E-state index contributed by atoms with van der Waals surface area (Å²) in [5, 5.41) is 17.6. The molecule has 0 aliphatic carbocycles. The van der Waals surface area contributed by atoms with E-state index in [2.05, 4.69) is 55.8 Å². The van der Waals surface area contributed by atoms with Crippen LogP contribution in [0.15, 0.2) is 36.4 Å². The van der Waals surface area contributed by atoms with Crippen molar-refractivity contribution in [3.8, 4) is 17.6 Å². The Kier molecular flexibility index (Phi) is 4.22. The van der Waals surface area contributed by atoms with Crippen LogP contribution in [-0.4, -0.2) is 57.4 Å². The van der Waals surface area contributed by atoms with Gasteiger partial charge in [0, 0.05) is 44.3 Å². The highest BCUT2D eigenvalue weighted by Gasteiger charge is 2.19. The van der Waals surface area contributed by atoms with E-state index in [1.807, 2.05) is 25.2 Å². The number of benzene rings is 2.